The molecule has 0 saturated heterocycles. The Morgan fingerprint density at radius 1 is 1.28 bits per heavy atom. The molecule has 0 bridgehead atoms. The molecule has 2 aromatic carbocycles. The van der Waals surface area contributed by atoms with Crippen LogP contribution in [0.3, 0.4) is 0 Å². The van der Waals surface area contributed by atoms with Crippen molar-refractivity contribution in [2.24, 2.45) is 11.7 Å². The lowest BCUT2D eigenvalue weighted by molar-refractivity contribution is 0.413. The average molecular weight is 385 g/mol. The van der Waals surface area contributed by atoms with Crippen molar-refractivity contribution in [1.82, 2.24) is 0 Å². The SMILES string of the molecule is CC(CCN)C1Cc2cc(Cl)ccc2N(c2ccccc2F)S1(O)O. The molecule has 2 unspecified atom stereocenters. The molecule has 136 valence electrons. The highest BCUT2D eigenvalue weighted by atomic mass is 35.5. The van der Waals surface area contributed by atoms with Gasteiger partial charge in [-0.25, -0.2) is 8.70 Å². The molecule has 1 heterocycles. The second-order valence-electron chi connectivity index (χ2n) is 6.38. The van der Waals surface area contributed by atoms with Crippen LogP contribution in [0.2, 0.25) is 5.02 Å². The lowest BCUT2D eigenvalue weighted by atomic mass is 9.96. The van der Waals surface area contributed by atoms with Gasteiger partial charge in [0.15, 0.2) is 0 Å². The minimum absolute atomic E-state index is 0.0311. The number of rotatable bonds is 4. The van der Waals surface area contributed by atoms with Gasteiger partial charge >= 0.3 is 0 Å². The monoisotopic (exact) mass is 384 g/mol. The third-order valence-electron chi connectivity index (χ3n) is 4.68. The molecule has 0 radical (unpaired) electrons. The molecule has 7 heteroatoms. The van der Waals surface area contributed by atoms with E-state index in [1.54, 1.807) is 30.3 Å². The van der Waals surface area contributed by atoms with E-state index in [1.807, 2.05) is 13.0 Å². The summed E-state index contributed by atoms with van der Waals surface area (Å²) in [4.78, 5) is 0. The highest BCUT2D eigenvalue weighted by molar-refractivity contribution is 8.26. The van der Waals surface area contributed by atoms with Gasteiger partial charge in [-0.3, -0.25) is 9.11 Å². The molecule has 0 aromatic heterocycles. The zero-order valence-electron chi connectivity index (χ0n) is 13.9. The van der Waals surface area contributed by atoms with Crippen LogP contribution in [-0.4, -0.2) is 20.9 Å². The maximum Gasteiger partial charge on any atom is 0.148 e. The molecular formula is C18H22ClFN2O2S. The van der Waals surface area contributed by atoms with Crippen LogP contribution in [0.25, 0.3) is 0 Å². The van der Waals surface area contributed by atoms with Gasteiger partial charge in [0.25, 0.3) is 0 Å². The number of hydrogen-bond donors (Lipinski definition) is 3. The van der Waals surface area contributed by atoms with Gasteiger partial charge in [0, 0.05) is 5.02 Å². The van der Waals surface area contributed by atoms with Gasteiger partial charge in [-0.05, 0) is 61.2 Å². The first kappa shape index (κ1) is 18.5. The minimum atomic E-state index is -3.29. The van der Waals surface area contributed by atoms with E-state index in [2.05, 4.69) is 0 Å². The number of benzene rings is 2. The topological polar surface area (TPSA) is 69.7 Å². The Labute approximate surface area is 153 Å². The molecule has 0 amide bonds. The summed E-state index contributed by atoms with van der Waals surface area (Å²) in [6.45, 7) is 2.40. The van der Waals surface area contributed by atoms with Gasteiger partial charge in [-0.2, -0.15) is 0 Å². The number of nitrogens with zero attached hydrogens (tertiary/aromatic N) is 1. The molecule has 1 aliphatic rings. The number of halogens is 2. The number of para-hydroxylation sites is 1. The summed E-state index contributed by atoms with van der Waals surface area (Å²) in [5, 5.41) is 0.109. The normalized spacial score (nSPS) is 21.5. The summed E-state index contributed by atoms with van der Waals surface area (Å²) in [6.07, 6.45) is 1.12. The fraction of sp³-hybridized carbons (Fsp3) is 0.333. The first-order chi connectivity index (χ1) is 11.9. The van der Waals surface area contributed by atoms with E-state index >= 15 is 0 Å². The fourth-order valence-electron chi connectivity index (χ4n) is 3.38. The number of fused-ring (bicyclic) bond motifs is 1. The van der Waals surface area contributed by atoms with E-state index in [0.717, 1.165) is 5.56 Å². The van der Waals surface area contributed by atoms with E-state index < -0.39 is 21.8 Å². The number of anilines is 2. The van der Waals surface area contributed by atoms with Crippen LogP contribution in [0, 0.1) is 11.7 Å². The van der Waals surface area contributed by atoms with Crippen molar-refractivity contribution in [3.05, 3.63) is 58.9 Å². The lowest BCUT2D eigenvalue weighted by Gasteiger charge is -2.54. The molecule has 2 aromatic rings. The van der Waals surface area contributed by atoms with Crippen molar-refractivity contribution < 1.29 is 13.5 Å². The Morgan fingerprint density at radius 2 is 2.00 bits per heavy atom. The zero-order chi connectivity index (χ0) is 18.2. The molecule has 2 atom stereocenters. The average Bonchev–Trinajstić information content (AvgIpc) is 2.55. The summed E-state index contributed by atoms with van der Waals surface area (Å²) in [5.74, 6) is -0.535. The van der Waals surface area contributed by atoms with Crippen molar-refractivity contribution in [3.8, 4) is 0 Å². The highest BCUT2D eigenvalue weighted by Crippen LogP contribution is 2.62. The van der Waals surface area contributed by atoms with Crippen LogP contribution in [-0.2, 0) is 6.42 Å². The quantitative estimate of drug-likeness (QED) is 0.678. The van der Waals surface area contributed by atoms with Crippen LogP contribution in [0.1, 0.15) is 18.9 Å². The fourth-order valence-corrected chi connectivity index (χ4v) is 5.91. The maximum absolute atomic E-state index is 14.5. The van der Waals surface area contributed by atoms with Crippen molar-refractivity contribution in [1.29, 1.82) is 0 Å². The Bertz CT molecular complexity index is 774. The minimum Gasteiger partial charge on any atom is -0.330 e. The first-order valence-electron chi connectivity index (χ1n) is 8.16. The van der Waals surface area contributed by atoms with E-state index in [0.29, 0.717) is 30.1 Å². The lowest BCUT2D eigenvalue weighted by Crippen LogP contribution is -2.41. The zero-order valence-corrected chi connectivity index (χ0v) is 15.5. The number of hydrogen-bond acceptors (Lipinski definition) is 4. The van der Waals surface area contributed by atoms with Gasteiger partial charge in [0.1, 0.15) is 5.82 Å². The summed E-state index contributed by atoms with van der Waals surface area (Å²) < 4.78 is 38.0. The van der Waals surface area contributed by atoms with Crippen LogP contribution in [0.15, 0.2) is 42.5 Å². The van der Waals surface area contributed by atoms with Gasteiger partial charge in [0.05, 0.1) is 16.6 Å². The Morgan fingerprint density at radius 3 is 2.68 bits per heavy atom. The molecule has 4 N–H and O–H groups in total. The summed E-state index contributed by atoms with van der Waals surface area (Å²) in [5.41, 5.74) is 7.26. The predicted octanol–water partition coefficient (Wildman–Crippen LogP) is 5.19. The molecule has 0 spiro atoms. The number of nitrogens with two attached hydrogens (primary N) is 1. The van der Waals surface area contributed by atoms with E-state index in [9.17, 15) is 13.5 Å². The third-order valence-corrected chi connectivity index (χ3v) is 7.29. The Kier molecular flexibility index (Phi) is 5.27. The largest absolute Gasteiger partial charge is 0.330 e. The van der Waals surface area contributed by atoms with Gasteiger partial charge in [-0.15, -0.1) is 10.8 Å². The van der Waals surface area contributed by atoms with E-state index in [1.165, 1.54) is 10.4 Å². The maximum atomic E-state index is 14.5. The molecule has 3 rings (SSSR count). The summed E-state index contributed by atoms with van der Waals surface area (Å²) >= 11 is 6.13. The molecule has 0 aliphatic carbocycles. The molecule has 0 fully saturated rings. The van der Waals surface area contributed by atoms with Gasteiger partial charge < -0.3 is 5.73 Å². The van der Waals surface area contributed by atoms with Crippen LogP contribution in [0.5, 0.6) is 0 Å². The second-order valence-corrected chi connectivity index (χ2v) is 8.91. The van der Waals surface area contributed by atoms with Gasteiger partial charge in [0.2, 0.25) is 0 Å². The standard InChI is InChI=1S/C18H22ClFN2O2S/c1-12(8-9-21)18-11-13-10-14(19)6-7-16(13)22(25(18,23)24)17-5-3-2-4-15(17)20/h2-7,10,12,18,23-24H,8-9,11,21H2,1H3. The molecule has 0 saturated carbocycles. The van der Waals surface area contributed by atoms with Crippen LogP contribution in [0.4, 0.5) is 15.8 Å². The van der Waals surface area contributed by atoms with E-state index in [-0.39, 0.29) is 11.6 Å². The molecule has 25 heavy (non-hydrogen) atoms. The second kappa shape index (κ2) is 7.13. The summed E-state index contributed by atoms with van der Waals surface area (Å²) in [7, 11) is -3.29. The highest BCUT2D eigenvalue weighted by Gasteiger charge is 2.42. The van der Waals surface area contributed by atoms with Gasteiger partial charge in [-0.1, -0.05) is 30.7 Å². The first-order valence-corrected chi connectivity index (χ1v) is 10.1. The Hall–Kier alpha value is -1.31. The van der Waals surface area contributed by atoms with Crippen molar-refractivity contribution in [2.45, 2.75) is 25.0 Å². The van der Waals surface area contributed by atoms with E-state index in [4.69, 9.17) is 17.3 Å². The van der Waals surface area contributed by atoms with Crippen LogP contribution < -0.4 is 10.0 Å². The predicted molar refractivity (Wildman–Crippen MR) is 103 cm³/mol. The van der Waals surface area contributed by atoms with Crippen molar-refractivity contribution in [3.63, 3.8) is 0 Å². The molecule has 1 aliphatic heterocycles. The Balaban J connectivity index is 2.18. The van der Waals surface area contributed by atoms with Crippen molar-refractivity contribution in [2.75, 3.05) is 10.8 Å². The third kappa shape index (κ3) is 3.37. The van der Waals surface area contributed by atoms with Crippen LogP contribution >= 0.6 is 22.4 Å². The summed E-state index contributed by atoms with van der Waals surface area (Å²) in [6, 6.07) is 11.3. The van der Waals surface area contributed by atoms with Crippen molar-refractivity contribution >= 4 is 33.8 Å². The smallest absolute Gasteiger partial charge is 0.148 e. The molecular weight excluding hydrogens is 363 g/mol. The molecule has 4 nitrogen and oxygen atoms in total.